The van der Waals surface area contributed by atoms with Crippen molar-refractivity contribution in [3.63, 3.8) is 0 Å². The Balaban J connectivity index is 2.09. The van der Waals surface area contributed by atoms with E-state index in [2.05, 4.69) is 0 Å². The lowest BCUT2D eigenvalue weighted by atomic mass is 10.2. The van der Waals surface area contributed by atoms with E-state index in [9.17, 15) is 4.79 Å². The molecule has 0 aliphatic heterocycles. The number of carbonyl (C=O) groups excluding carboxylic acids is 1. The molecular weight excluding hydrogens is 264 g/mol. The first kappa shape index (κ1) is 13.4. The van der Waals surface area contributed by atoms with Crippen molar-refractivity contribution in [1.82, 2.24) is 0 Å². The molecule has 0 fully saturated rings. The highest BCUT2D eigenvalue weighted by atomic mass is 35.5. The van der Waals surface area contributed by atoms with Crippen LogP contribution in [-0.4, -0.2) is 13.4 Å². The molecule has 0 saturated heterocycles. The van der Waals surface area contributed by atoms with Gasteiger partial charge in [0.15, 0.2) is 0 Å². The summed E-state index contributed by atoms with van der Waals surface area (Å²) in [4.78, 5) is 10.5. The van der Waals surface area contributed by atoms with Gasteiger partial charge >= 0.3 is 0 Å². The number of hydrogen-bond donors (Lipinski definition) is 0. The first-order valence-electron chi connectivity index (χ1n) is 5.73. The van der Waals surface area contributed by atoms with Gasteiger partial charge in [-0.05, 0) is 42.5 Å². The molecule has 0 bridgehead atoms. The summed E-state index contributed by atoms with van der Waals surface area (Å²) < 4.78 is 10.9. The molecule has 4 heteroatoms. The van der Waals surface area contributed by atoms with Crippen LogP contribution in [0, 0.1) is 0 Å². The zero-order valence-corrected chi connectivity index (χ0v) is 11.2. The lowest BCUT2D eigenvalue weighted by Crippen LogP contribution is -1.98. The van der Waals surface area contributed by atoms with Gasteiger partial charge in [0, 0.05) is 16.1 Å². The maximum atomic E-state index is 10.5. The van der Waals surface area contributed by atoms with Crippen LogP contribution in [0.3, 0.4) is 0 Å². The summed E-state index contributed by atoms with van der Waals surface area (Å²) in [7, 11) is 1.60. The molecule has 0 atom stereocenters. The minimum absolute atomic E-state index is 0.351. The predicted molar refractivity (Wildman–Crippen MR) is 74.2 cm³/mol. The van der Waals surface area contributed by atoms with E-state index in [0.717, 1.165) is 17.6 Å². The van der Waals surface area contributed by atoms with Crippen molar-refractivity contribution in [2.75, 3.05) is 7.11 Å². The number of hydrogen-bond acceptors (Lipinski definition) is 3. The molecule has 98 valence electrons. The van der Waals surface area contributed by atoms with Crippen molar-refractivity contribution in [2.45, 2.75) is 6.61 Å². The van der Waals surface area contributed by atoms with E-state index in [1.54, 1.807) is 49.6 Å². The van der Waals surface area contributed by atoms with Crippen LogP contribution in [0.1, 0.15) is 15.9 Å². The van der Waals surface area contributed by atoms with Gasteiger partial charge in [-0.1, -0.05) is 11.6 Å². The molecule has 0 unspecified atom stereocenters. The van der Waals surface area contributed by atoms with Crippen molar-refractivity contribution >= 4 is 17.9 Å². The first-order chi connectivity index (χ1) is 9.22. The van der Waals surface area contributed by atoms with Crippen molar-refractivity contribution in [3.05, 3.63) is 58.6 Å². The van der Waals surface area contributed by atoms with Gasteiger partial charge in [-0.25, -0.2) is 0 Å². The van der Waals surface area contributed by atoms with Crippen molar-refractivity contribution in [3.8, 4) is 11.5 Å². The maximum Gasteiger partial charge on any atom is 0.150 e. The Bertz CT molecular complexity index is 564. The van der Waals surface area contributed by atoms with Gasteiger partial charge < -0.3 is 9.47 Å². The summed E-state index contributed by atoms with van der Waals surface area (Å²) in [5, 5.41) is 0.635. The quantitative estimate of drug-likeness (QED) is 0.781. The molecule has 2 aromatic carbocycles. The largest absolute Gasteiger partial charge is 0.496 e. The van der Waals surface area contributed by atoms with E-state index in [1.165, 1.54) is 0 Å². The highest BCUT2D eigenvalue weighted by Gasteiger charge is 2.05. The van der Waals surface area contributed by atoms with Crippen LogP contribution in [-0.2, 0) is 6.61 Å². The number of rotatable bonds is 5. The highest BCUT2D eigenvalue weighted by Crippen LogP contribution is 2.24. The molecule has 0 aliphatic carbocycles. The summed E-state index contributed by atoms with van der Waals surface area (Å²) in [6, 6.07) is 12.3. The second-order valence-electron chi connectivity index (χ2n) is 3.93. The fourth-order valence-electron chi connectivity index (χ4n) is 1.66. The zero-order chi connectivity index (χ0) is 13.7. The Kier molecular flexibility index (Phi) is 4.42. The van der Waals surface area contributed by atoms with Crippen LogP contribution in [0.2, 0.25) is 5.02 Å². The molecular formula is C15H13ClO3. The van der Waals surface area contributed by atoms with Crippen LogP contribution >= 0.6 is 11.6 Å². The number of halogens is 1. The zero-order valence-electron chi connectivity index (χ0n) is 10.4. The number of benzene rings is 2. The molecule has 2 aromatic rings. The number of ether oxygens (including phenoxy) is 2. The summed E-state index contributed by atoms with van der Waals surface area (Å²) in [6.07, 6.45) is 0.795. The Morgan fingerprint density at radius 1 is 1.16 bits per heavy atom. The summed E-state index contributed by atoms with van der Waals surface area (Å²) in [5.74, 6) is 1.42. The Hall–Kier alpha value is -2.00. The number of carbonyl (C=O) groups is 1. The van der Waals surface area contributed by atoms with Gasteiger partial charge in [-0.15, -0.1) is 0 Å². The van der Waals surface area contributed by atoms with Gasteiger partial charge in [0.1, 0.15) is 24.4 Å². The van der Waals surface area contributed by atoms with Crippen LogP contribution in [0.25, 0.3) is 0 Å². The average Bonchev–Trinajstić information content (AvgIpc) is 2.46. The predicted octanol–water partition coefficient (Wildman–Crippen LogP) is 3.74. The van der Waals surface area contributed by atoms with Crippen molar-refractivity contribution < 1.29 is 14.3 Å². The second kappa shape index (κ2) is 6.25. The molecule has 19 heavy (non-hydrogen) atoms. The molecule has 0 saturated carbocycles. The van der Waals surface area contributed by atoms with Crippen LogP contribution in [0.5, 0.6) is 11.5 Å². The molecule has 3 nitrogen and oxygen atoms in total. The van der Waals surface area contributed by atoms with E-state index < -0.39 is 0 Å². The van der Waals surface area contributed by atoms with Gasteiger partial charge in [0.25, 0.3) is 0 Å². The van der Waals surface area contributed by atoms with E-state index in [1.807, 2.05) is 0 Å². The van der Waals surface area contributed by atoms with Gasteiger partial charge in [0.05, 0.1) is 7.11 Å². The van der Waals surface area contributed by atoms with E-state index >= 15 is 0 Å². The lowest BCUT2D eigenvalue weighted by Gasteiger charge is -2.10. The monoisotopic (exact) mass is 276 g/mol. The van der Waals surface area contributed by atoms with Gasteiger partial charge in [-0.2, -0.15) is 0 Å². The second-order valence-corrected chi connectivity index (χ2v) is 4.37. The molecule has 0 amide bonds. The third-order valence-electron chi connectivity index (χ3n) is 2.65. The van der Waals surface area contributed by atoms with Gasteiger partial charge in [-0.3, -0.25) is 4.79 Å². The topological polar surface area (TPSA) is 35.5 Å². The third kappa shape index (κ3) is 3.48. The minimum atomic E-state index is 0.351. The van der Waals surface area contributed by atoms with Crippen molar-refractivity contribution in [2.24, 2.45) is 0 Å². The average molecular weight is 277 g/mol. The minimum Gasteiger partial charge on any atom is -0.496 e. The molecule has 2 rings (SSSR count). The molecule has 0 spiro atoms. The van der Waals surface area contributed by atoms with Crippen molar-refractivity contribution in [1.29, 1.82) is 0 Å². The fraction of sp³-hybridized carbons (Fsp3) is 0.133. The Labute approximate surface area is 116 Å². The fourth-order valence-corrected chi connectivity index (χ4v) is 1.86. The molecule has 0 radical (unpaired) electrons. The summed E-state index contributed by atoms with van der Waals surface area (Å²) in [6.45, 7) is 0.351. The maximum absolute atomic E-state index is 10.5. The van der Waals surface area contributed by atoms with E-state index in [-0.39, 0.29) is 0 Å². The standard InChI is InChI=1S/C15H13ClO3/c1-18-15-7-4-13(16)8-12(15)10-19-14-5-2-11(9-17)3-6-14/h2-9H,10H2,1H3. The molecule has 0 N–H and O–H groups in total. The summed E-state index contributed by atoms with van der Waals surface area (Å²) in [5.41, 5.74) is 1.49. The van der Waals surface area contributed by atoms with Crippen LogP contribution < -0.4 is 9.47 Å². The van der Waals surface area contributed by atoms with E-state index in [0.29, 0.717) is 22.9 Å². The number of aldehydes is 1. The van der Waals surface area contributed by atoms with Crippen LogP contribution in [0.4, 0.5) is 0 Å². The normalized spacial score (nSPS) is 10.0. The Morgan fingerprint density at radius 3 is 2.53 bits per heavy atom. The summed E-state index contributed by atoms with van der Waals surface area (Å²) >= 11 is 5.95. The Morgan fingerprint density at radius 2 is 1.89 bits per heavy atom. The smallest absolute Gasteiger partial charge is 0.150 e. The number of methoxy groups -OCH3 is 1. The third-order valence-corrected chi connectivity index (χ3v) is 2.89. The van der Waals surface area contributed by atoms with E-state index in [4.69, 9.17) is 21.1 Å². The SMILES string of the molecule is COc1ccc(Cl)cc1COc1ccc(C=O)cc1. The molecule has 0 aromatic heterocycles. The molecule has 0 aliphatic rings. The van der Waals surface area contributed by atoms with Crippen LogP contribution in [0.15, 0.2) is 42.5 Å². The lowest BCUT2D eigenvalue weighted by molar-refractivity contribution is 0.112. The van der Waals surface area contributed by atoms with Gasteiger partial charge in [0.2, 0.25) is 0 Å². The first-order valence-corrected chi connectivity index (χ1v) is 6.11. The highest BCUT2D eigenvalue weighted by molar-refractivity contribution is 6.30. The molecule has 0 heterocycles.